The Bertz CT molecular complexity index is 2360. The molecule has 1 aromatic rings. The van der Waals surface area contributed by atoms with Gasteiger partial charge < -0.3 is 24.6 Å². The molecule has 2 N–H and O–H groups in total. The fourth-order valence-electron chi connectivity index (χ4n) is 16.8. The molecule has 0 spiro atoms. The first-order chi connectivity index (χ1) is 32.5. The number of nitriles is 1. The van der Waals surface area contributed by atoms with Crippen LogP contribution in [-0.4, -0.2) is 73.0 Å². The predicted molar refractivity (Wildman–Crippen MR) is 268 cm³/mol. The van der Waals surface area contributed by atoms with Crippen molar-refractivity contribution in [2.45, 2.75) is 187 Å². The summed E-state index contributed by atoms with van der Waals surface area (Å²) in [6.07, 6.45) is 23.5. The Morgan fingerprint density at radius 2 is 1.68 bits per heavy atom. The van der Waals surface area contributed by atoms with Crippen LogP contribution in [0, 0.1) is 68.0 Å². The van der Waals surface area contributed by atoms with Gasteiger partial charge in [-0.2, -0.15) is 5.26 Å². The molecule has 0 aromatic carbocycles. The van der Waals surface area contributed by atoms with E-state index >= 15 is 0 Å². The molecule has 5 saturated carbocycles. The van der Waals surface area contributed by atoms with Crippen LogP contribution in [0.25, 0.3) is 0 Å². The van der Waals surface area contributed by atoms with Crippen molar-refractivity contribution >= 4 is 21.8 Å². The van der Waals surface area contributed by atoms with Crippen LogP contribution < -0.4 is 10.1 Å². The number of aliphatic hydroxyl groups is 1. The Hall–Kier alpha value is -3.53. The molecule has 11 nitrogen and oxygen atoms in total. The molecule has 12 heteroatoms. The summed E-state index contributed by atoms with van der Waals surface area (Å²) in [5.74, 6) is 1.93. The van der Waals surface area contributed by atoms with E-state index in [1.54, 1.807) is 18.3 Å². The number of hydrogen-bond donors (Lipinski definition) is 2. The average molecular weight is 970 g/mol. The van der Waals surface area contributed by atoms with Crippen molar-refractivity contribution in [1.82, 2.24) is 10.3 Å². The van der Waals surface area contributed by atoms with Gasteiger partial charge in [0, 0.05) is 24.4 Å². The van der Waals surface area contributed by atoms with Gasteiger partial charge in [0.15, 0.2) is 0 Å². The van der Waals surface area contributed by atoms with E-state index in [0.717, 1.165) is 32.2 Å². The molecule has 7 aliphatic carbocycles. The molecular formula is C57H83N3O8S. The number of ether oxygens (including phenoxy) is 3. The number of rotatable bonds is 15. The Labute approximate surface area is 414 Å². The number of fused-ring (bicyclic) bond motifs is 7. The van der Waals surface area contributed by atoms with Gasteiger partial charge in [0.2, 0.25) is 12.7 Å². The number of allylic oxidation sites excluding steroid dienone is 5. The fourth-order valence-corrected chi connectivity index (χ4v) is 17.9. The molecule has 0 unspecified atom stereocenters. The molecule has 1 heterocycles. The van der Waals surface area contributed by atoms with Crippen molar-refractivity contribution in [3.8, 4) is 11.9 Å². The minimum absolute atomic E-state index is 0.0166. The highest BCUT2D eigenvalue weighted by Gasteiger charge is 2.70. The number of aromatic nitrogens is 1. The minimum atomic E-state index is -3.09. The van der Waals surface area contributed by atoms with Gasteiger partial charge in [-0.1, -0.05) is 65.8 Å². The van der Waals surface area contributed by atoms with E-state index in [0.29, 0.717) is 92.9 Å². The largest absolute Gasteiger partial charge is 0.475 e. The molecular weight excluding hydrogens is 887 g/mol. The lowest BCUT2D eigenvalue weighted by atomic mass is 9.33. The predicted octanol–water partition coefficient (Wildman–Crippen LogP) is 10.9. The SMILES string of the molecule is C=C(C)[C@@H]1CC[C@]2(NCCC3(O)CCC(S(C)(=O)=O)CC3)CC[C@]3(C)[C@H](CC[C@@H]4[C@@]5(C)CC=C(C6=CC[C@@](COc7ncccc7C#N)(C(=O)OCOC(=O)CCC)CC6)C(C)(C)[C@@H]5CC[C@]43C)[C@@H]12. The van der Waals surface area contributed by atoms with Crippen LogP contribution in [0.2, 0.25) is 0 Å². The first-order valence-corrected chi connectivity index (χ1v) is 28.5. The zero-order valence-electron chi connectivity index (χ0n) is 43.2. The zero-order valence-corrected chi connectivity index (χ0v) is 44.0. The standard InChI is InChI=1S/C57H83N3O8S/c1-10-12-47(61)67-37-68-50(62)55(36-66-49-40(35-58)13-11-33-59-49)25-16-39(17-26-55)43-21-23-52(6)45(51(43,4)5)22-24-54(8)46(52)15-14-44-48-42(38(2)3)20-29-57(48,31-30-53(44,54)7)60-34-32-56(63)27-18-41(19-28-56)69(9,64)65/h11,13,16,21,33,41-42,44-46,48,60,63H,2,10,12,14-15,17-20,22-32,34,36-37H2,1,3-9H3/t41?,42-,44+,45-,46+,48+,52-,53+,54+,55+,56?,57-/m0/s1. The molecule has 1 aromatic heterocycles. The number of nitrogens with zero attached hydrogens (tertiary/aromatic N) is 2. The number of esters is 2. The van der Waals surface area contributed by atoms with Gasteiger partial charge in [-0.05, 0) is 204 Å². The summed E-state index contributed by atoms with van der Waals surface area (Å²) in [6, 6.07) is 5.46. The first kappa shape index (κ1) is 51.8. The van der Waals surface area contributed by atoms with Crippen molar-refractivity contribution < 1.29 is 37.3 Å². The van der Waals surface area contributed by atoms with Crippen molar-refractivity contribution in [3.63, 3.8) is 0 Å². The smallest absolute Gasteiger partial charge is 0.318 e. The maximum absolute atomic E-state index is 14.0. The van der Waals surface area contributed by atoms with Crippen LogP contribution in [-0.2, 0) is 28.9 Å². The van der Waals surface area contributed by atoms with E-state index in [9.17, 15) is 28.4 Å². The second-order valence-electron chi connectivity index (χ2n) is 24.6. The second-order valence-corrected chi connectivity index (χ2v) is 26.9. The lowest BCUT2D eigenvalue weighted by molar-refractivity contribution is -0.221. The van der Waals surface area contributed by atoms with Crippen LogP contribution in [0.5, 0.6) is 5.88 Å². The number of pyridine rings is 1. The molecule has 0 bridgehead atoms. The Morgan fingerprint density at radius 3 is 2.35 bits per heavy atom. The first-order valence-electron chi connectivity index (χ1n) is 26.5. The van der Waals surface area contributed by atoms with Gasteiger partial charge in [0.05, 0.1) is 10.9 Å². The van der Waals surface area contributed by atoms with Crippen molar-refractivity contribution in [2.75, 3.05) is 26.2 Å². The maximum Gasteiger partial charge on any atom is 0.318 e. The van der Waals surface area contributed by atoms with Crippen molar-refractivity contribution in [3.05, 3.63) is 59.3 Å². The van der Waals surface area contributed by atoms with Crippen molar-refractivity contribution in [1.29, 1.82) is 5.26 Å². The summed E-state index contributed by atoms with van der Waals surface area (Å²) in [7, 11) is -3.09. The molecule has 0 amide bonds. The number of hydrogen-bond acceptors (Lipinski definition) is 11. The molecule has 0 saturated heterocycles. The number of sulfone groups is 1. The van der Waals surface area contributed by atoms with Crippen LogP contribution in [0.1, 0.15) is 176 Å². The number of carbonyl (C=O) groups is 2. The molecule has 8 rings (SSSR count). The highest BCUT2D eigenvalue weighted by Crippen LogP contribution is 2.76. The van der Waals surface area contributed by atoms with Gasteiger partial charge in [-0.25, -0.2) is 13.4 Å². The van der Waals surface area contributed by atoms with E-state index < -0.39 is 39.6 Å². The Balaban J connectivity index is 0.999. The summed E-state index contributed by atoms with van der Waals surface area (Å²) >= 11 is 0. The van der Waals surface area contributed by atoms with Gasteiger partial charge in [0.1, 0.15) is 33.5 Å². The van der Waals surface area contributed by atoms with Gasteiger partial charge >= 0.3 is 11.9 Å². The van der Waals surface area contributed by atoms with Crippen LogP contribution in [0.4, 0.5) is 0 Å². The normalized spacial score (nSPS) is 39.2. The zero-order chi connectivity index (χ0) is 49.8. The summed E-state index contributed by atoms with van der Waals surface area (Å²) < 4.78 is 41.6. The van der Waals surface area contributed by atoms with Crippen LogP contribution in [0.15, 0.2) is 53.8 Å². The third-order valence-corrected chi connectivity index (χ3v) is 22.5. The summed E-state index contributed by atoms with van der Waals surface area (Å²) in [4.78, 5) is 30.4. The molecule has 0 aliphatic heterocycles. The minimum Gasteiger partial charge on any atom is -0.475 e. The third-order valence-electron chi connectivity index (χ3n) is 20.8. The third kappa shape index (κ3) is 9.19. The highest BCUT2D eigenvalue weighted by molar-refractivity contribution is 7.91. The fraction of sp³-hybridized carbons (Fsp3) is 0.754. The lowest BCUT2D eigenvalue weighted by Gasteiger charge is -2.72. The quantitative estimate of drug-likeness (QED) is 0.0976. The molecule has 10 atom stereocenters. The van der Waals surface area contributed by atoms with E-state index in [-0.39, 0.29) is 51.4 Å². The summed E-state index contributed by atoms with van der Waals surface area (Å²) in [5.41, 5.74) is 2.86. The van der Waals surface area contributed by atoms with E-state index in [2.05, 4.69) is 76.6 Å². The van der Waals surface area contributed by atoms with Gasteiger partial charge in [0.25, 0.3) is 0 Å². The molecule has 380 valence electrons. The number of nitrogens with one attached hydrogen (secondary N) is 1. The Morgan fingerprint density at radius 1 is 0.928 bits per heavy atom. The van der Waals surface area contributed by atoms with E-state index in [1.165, 1.54) is 55.1 Å². The van der Waals surface area contributed by atoms with Gasteiger partial charge in [-0.15, -0.1) is 0 Å². The second kappa shape index (κ2) is 19.1. The van der Waals surface area contributed by atoms with Gasteiger partial charge in [-0.3, -0.25) is 9.59 Å². The Kier molecular flexibility index (Phi) is 14.4. The highest BCUT2D eigenvalue weighted by atomic mass is 32.2. The number of carbonyl (C=O) groups excluding carboxylic acids is 2. The van der Waals surface area contributed by atoms with Crippen molar-refractivity contribution in [2.24, 2.45) is 56.7 Å². The summed E-state index contributed by atoms with van der Waals surface area (Å²) in [6.45, 7) is 22.0. The van der Waals surface area contributed by atoms with E-state index in [4.69, 9.17) is 14.2 Å². The summed E-state index contributed by atoms with van der Waals surface area (Å²) in [5, 5.41) is 25.2. The lowest BCUT2D eigenvalue weighted by Crippen LogP contribution is -2.68. The monoisotopic (exact) mass is 970 g/mol. The topological polar surface area (TPSA) is 165 Å². The van der Waals surface area contributed by atoms with Crippen LogP contribution in [0.3, 0.4) is 0 Å². The van der Waals surface area contributed by atoms with E-state index in [1.807, 2.05) is 6.92 Å². The van der Waals surface area contributed by atoms with Crippen LogP contribution >= 0.6 is 0 Å². The average Bonchev–Trinajstić information content (AvgIpc) is 3.68. The molecule has 7 aliphatic rings. The molecule has 5 fully saturated rings. The molecule has 69 heavy (non-hydrogen) atoms. The maximum atomic E-state index is 14.0. The molecule has 0 radical (unpaired) electrons.